The summed E-state index contributed by atoms with van der Waals surface area (Å²) in [7, 11) is 1.75. The summed E-state index contributed by atoms with van der Waals surface area (Å²) in [6.07, 6.45) is 1.67. The minimum Gasteiger partial charge on any atom is -0.372 e. The zero-order chi connectivity index (χ0) is 13.5. The number of carbonyl (C=O) groups is 1. The van der Waals surface area contributed by atoms with E-state index >= 15 is 0 Å². The molecule has 0 aliphatic heterocycles. The van der Waals surface area contributed by atoms with Crippen LogP contribution in [0.15, 0.2) is 16.7 Å². The summed E-state index contributed by atoms with van der Waals surface area (Å²) in [4.78, 5) is 16.3. The lowest BCUT2D eigenvalue weighted by atomic mass is 10.2. The van der Waals surface area contributed by atoms with Gasteiger partial charge < -0.3 is 10.6 Å². The van der Waals surface area contributed by atoms with E-state index in [2.05, 4.69) is 38.5 Å². The Labute approximate surface area is 120 Å². The largest absolute Gasteiger partial charge is 0.372 e. The molecule has 0 aliphatic carbocycles. The smallest absolute Gasteiger partial charge is 0.255 e. The fraction of sp³-hybridized carbons (Fsp3) is 0.500. The maximum atomic E-state index is 12.1. The van der Waals surface area contributed by atoms with E-state index in [4.69, 9.17) is 0 Å². The van der Waals surface area contributed by atoms with E-state index in [9.17, 15) is 4.79 Å². The highest BCUT2D eigenvalue weighted by Gasteiger charge is 2.14. The Bertz CT molecular complexity index is 414. The van der Waals surface area contributed by atoms with Gasteiger partial charge in [0, 0.05) is 29.5 Å². The van der Waals surface area contributed by atoms with Crippen molar-refractivity contribution in [3.63, 3.8) is 0 Å². The van der Waals surface area contributed by atoms with Crippen molar-refractivity contribution in [3.05, 3.63) is 22.3 Å². The minimum absolute atomic E-state index is 0.0997. The van der Waals surface area contributed by atoms with Gasteiger partial charge in [-0.05, 0) is 34.7 Å². The Hall–Kier alpha value is -0.750. The molecule has 0 aromatic carbocycles. The van der Waals surface area contributed by atoms with E-state index in [-0.39, 0.29) is 11.9 Å². The summed E-state index contributed by atoms with van der Waals surface area (Å²) in [5.74, 6) is 2.46. The molecule has 0 spiro atoms. The van der Waals surface area contributed by atoms with Gasteiger partial charge >= 0.3 is 0 Å². The van der Waals surface area contributed by atoms with Crippen molar-refractivity contribution in [2.24, 2.45) is 0 Å². The van der Waals surface area contributed by atoms with Crippen molar-refractivity contribution in [1.82, 2.24) is 10.3 Å². The molecule has 1 rings (SSSR count). The topological polar surface area (TPSA) is 54.0 Å². The van der Waals surface area contributed by atoms with Gasteiger partial charge in [0.15, 0.2) is 0 Å². The molecule has 1 amide bonds. The Morgan fingerprint density at radius 1 is 1.61 bits per heavy atom. The second kappa shape index (κ2) is 7.63. The van der Waals surface area contributed by atoms with Gasteiger partial charge in [-0.1, -0.05) is 6.92 Å². The number of rotatable bonds is 6. The van der Waals surface area contributed by atoms with Gasteiger partial charge in [0.25, 0.3) is 5.91 Å². The maximum absolute atomic E-state index is 12.1. The number of nitrogens with one attached hydrogen (secondary N) is 2. The van der Waals surface area contributed by atoms with Crippen molar-refractivity contribution in [2.75, 3.05) is 23.9 Å². The van der Waals surface area contributed by atoms with Crippen LogP contribution in [0.1, 0.15) is 24.2 Å². The molecule has 0 aliphatic rings. The number of carbonyl (C=O) groups excluding carboxylic acids is 1. The van der Waals surface area contributed by atoms with Gasteiger partial charge in [0.05, 0.1) is 5.56 Å². The third-order valence-electron chi connectivity index (χ3n) is 2.29. The second-order valence-corrected chi connectivity index (χ2v) is 6.07. The standard InChI is InChI=1S/C12H18BrN3OS/c1-4-18-7-8(2)16-12(17)10-5-9(13)6-15-11(10)14-3/h5-6,8H,4,7H2,1-3H3,(H,14,15)(H,16,17). The van der Waals surface area contributed by atoms with Crippen LogP contribution in [0, 0.1) is 0 Å². The van der Waals surface area contributed by atoms with Crippen LogP contribution in [0.3, 0.4) is 0 Å². The van der Waals surface area contributed by atoms with Crippen molar-refractivity contribution in [1.29, 1.82) is 0 Å². The fourth-order valence-electron chi connectivity index (χ4n) is 1.45. The van der Waals surface area contributed by atoms with Gasteiger partial charge in [-0.25, -0.2) is 4.98 Å². The van der Waals surface area contributed by atoms with Crippen LogP contribution in [0.2, 0.25) is 0 Å². The number of anilines is 1. The van der Waals surface area contributed by atoms with E-state index in [0.29, 0.717) is 11.4 Å². The molecule has 1 aromatic rings. The normalized spacial score (nSPS) is 12.0. The predicted molar refractivity (Wildman–Crippen MR) is 81.4 cm³/mol. The van der Waals surface area contributed by atoms with Crippen LogP contribution in [-0.4, -0.2) is 35.5 Å². The zero-order valence-corrected chi connectivity index (χ0v) is 13.2. The van der Waals surface area contributed by atoms with E-state index in [1.54, 1.807) is 19.3 Å². The van der Waals surface area contributed by atoms with Gasteiger partial charge in [-0.2, -0.15) is 11.8 Å². The molecule has 6 heteroatoms. The SMILES string of the molecule is CCSCC(C)NC(=O)c1cc(Br)cnc1NC. The molecular formula is C12H18BrN3OS. The van der Waals surface area contributed by atoms with Crippen LogP contribution in [0.5, 0.6) is 0 Å². The van der Waals surface area contributed by atoms with Crippen molar-refractivity contribution in [2.45, 2.75) is 19.9 Å². The molecule has 1 unspecified atom stereocenters. The number of aromatic nitrogens is 1. The number of halogens is 1. The minimum atomic E-state index is -0.0997. The number of thioether (sulfide) groups is 1. The average molecular weight is 332 g/mol. The molecule has 0 radical (unpaired) electrons. The van der Waals surface area contributed by atoms with Gasteiger partial charge in [-0.15, -0.1) is 0 Å². The first-order valence-electron chi connectivity index (χ1n) is 5.80. The van der Waals surface area contributed by atoms with E-state index < -0.39 is 0 Å². The molecule has 18 heavy (non-hydrogen) atoms. The van der Waals surface area contributed by atoms with Crippen LogP contribution < -0.4 is 10.6 Å². The second-order valence-electron chi connectivity index (χ2n) is 3.83. The van der Waals surface area contributed by atoms with Crippen LogP contribution in [-0.2, 0) is 0 Å². The van der Waals surface area contributed by atoms with Crippen molar-refractivity contribution >= 4 is 39.4 Å². The monoisotopic (exact) mass is 331 g/mol. The number of hydrogen-bond donors (Lipinski definition) is 2. The lowest BCUT2D eigenvalue weighted by Crippen LogP contribution is -2.34. The van der Waals surface area contributed by atoms with Crippen molar-refractivity contribution < 1.29 is 4.79 Å². The first-order valence-corrected chi connectivity index (χ1v) is 7.75. The molecule has 4 nitrogen and oxygen atoms in total. The summed E-state index contributed by atoms with van der Waals surface area (Å²) >= 11 is 5.14. The molecule has 2 N–H and O–H groups in total. The predicted octanol–water partition coefficient (Wildman–Crippen LogP) is 2.76. The highest BCUT2D eigenvalue weighted by atomic mass is 79.9. The molecule has 0 saturated heterocycles. The van der Waals surface area contributed by atoms with Gasteiger partial charge in [-0.3, -0.25) is 4.79 Å². The molecule has 0 bridgehead atoms. The Balaban J connectivity index is 2.74. The van der Waals surface area contributed by atoms with E-state index in [1.807, 2.05) is 18.7 Å². The maximum Gasteiger partial charge on any atom is 0.255 e. The Morgan fingerprint density at radius 2 is 2.33 bits per heavy atom. The highest BCUT2D eigenvalue weighted by Crippen LogP contribution is 2.17. The summed E-state index contributed by atoms with van der Waals surface area (Å²) in [6.45, 7) is 4.11. The molecule has 0 fully saturated rings. The fourth-order valence-corrected chi connectivity index (χ4v) is 2.45. The molecule has 1 atom stereocenters. The number of nitrogens with zero attached hydrogens (tertiary/aromatic N) is 1. The lowest BCUT2D eigenvalue weighted by Gasteiger charge is -2.14. The summed E-state index contributed by atoms with van der Waals surface area (Å²) in [6, 6.07) is 1.92. The average Bonchev–Trinajstić information content (AvgIpc) is 2.36. The quantitative estimate of drug-likeness (QED) is 0.841. The third-order valence-corrected chi connectivity index (χ3v) is 3.86. The summed E-state index contributed by atoms with van der Waals surface area (Å²) < 4.78 is 0.794. The Morgan fingerprint density at radius 3 is 2.94 bits per heavy atom. The van der Waals surface area contributed by atoms with Crippen LogP contribution in [0.4, 0.5) is 5.82 Å². The zero-order valence-electron chi connectivity index (χ0n) is 10.8. The highest BCUT2D eigenvalue weighted by molar-refractivity contribution is 9.10. The van der Waals surface area contributed by atoms with Crippen LogP contribution in [0.25, 0.3) is 0 Å². The molecule has 0 saturated carbocycles. The van der Waals surface area contributed by atoms with Gasteiger partial charge in [0.2, 0.25) is 0 Å². The molecule has 1 heterocycles. The number of pyridine rings is 1. The third kappa shape index (κ3) is 4.49. The summed E-state index contributed by atoms with van der Waals surface area (Å²) in [5, 5.41) is 5.89. The lowest BCUT2D eigenvalue weighted by molar-refractivity contribution is 0.0944. The van der Waals surface area contributed by atoms with E-state index in [1.165, 1.54) is 0 Å². The first kappa shape index (κ1) is 15.3. The van der Waals surface area contributed by atoms with Crippen molar-refractivity contribution in [3.8, 4) is 0 Å². The van der Waals surface area contributed by atoms with Crippen LogP contribution >= 0.6 is 27.7 Å². The summed E-state index contributed by atoms with van der Waals surface area (Å²) in [5.41, 5.74) is 0.556. The van der Waals surface area contributed by atoms with Gasteiger partial charge in [0.1, 0.15) is 5.82 Å². The first-order chi connectivity index (χ1) is 8.58. The molecule has 100 valence electrons. The van der Waals surface area contributed by atoms with E-state index in [0.717, 1.165) is 16.0 Å². The molecular weight excluding hydrogens is 314 g/mol. The molecule has 1 aromatic heterocycles. The number of amides is 1. The Kier molecular flexibility index (Phi) is 6.49. The number of hydrogen-bond acceptors (Lipinski definition) is 4.